The van der Waals surface area contributed by atoms with Crippen LogP contribution in [0.3, 0.4) is 0 Å². The Balaban J connectivity index is 1.71. The van der Waals surface area contributed by atoms with Gasteiger partial charge >= 0.3 is 0 Å². The van der Waals surface area contributed by atoms with Crippen molar-refractivity contribution in [2.24, 2.45) is 0 Å². The molecule has 1 aromatic heterocycles. The number of thiophene rings is 1. The van der Waals surface area contributed by atoms with E-state index in [4.69, 9.17) is 0 Å². The Morgan fingerprint density at radius 3 is 2.21 bits per heavy atom. The Bertz CT molecular complexity index is 1070. The SMILES string of the molecule is Cc1ccc(S(=O)(=O)N(C)c2ccc(C(=O)NCc3sccc3C)cc2)cc1. The second-order valence-corrected chi connectivity index (χ2v) is 9.51. The van der Waals surface area contributed by atoms with Gasteiger partial charge in [0, 0.05) is 17.5 Å². The van der Waals surface area contributed by atoms with Gasteiger partial charge < -0.3 is 5.32 Å². The number of carbonyl (C=O) groups excluding carboxylic acids is 1. The molecule has 3 rings (SSSR count). The van der Waals surface area contributed by atoms with Crippen LogP contribution in [0.5, 0.6) is 0 Å². The van der Waals surface area contributed by atoms with Gasteiger partial charge in [0.2, 0.25) is 0 Å². The van der Waals surface area contributed by atoms with E-state index in [0.717, 1.165) is 16.0 Å². The predicted octanol–water partition coefficient (Wildman–Crippen LogP) is 4.12. The van der Waals surface area contributed by atoms with E-state index >= 15 is 0 Å². The molecule has 0 bridgehead atoms. The normalized spacial score (nSPS) is 11.2. The molecule has 1 N–H and O–H groups in total. The average Bonchev–Trinajstić information content (AvgIpc) is 3.10. The third kappa shape index (κ3) is 4.26. The van der Waals surface area contributed by atoms with Gasteiger partial charge in [0.15, 0.2) is 0 Å². The topological polar surface area (TPSA) is 66.5 Å². The summed E-state index contributed by atoms with van der Waals surface area (Å²) in [5, 5.41) is 4.89. The lowest BCUT2D eigenvalue weighted by molar-refractivity contribution is 0.0951. The maximum atomic E-state index is 12.8. The standard InChI is InChI=1S/C21H22N2O3S2/c1-15-4-10-19(11-5-15)28(25,26)23(3)18-8-6-17(7-9-18)21(24)22-14-20-16(2)12-13-27-20/h4-13H,14H2,1-3H3,(H,22,24). The molecule has 0 unspecified atom stereocenters. The van der Waals surface area contributed by atoms with Crippen LogP contribution in [0.2, 0.25) is 0 Å². The lowest BCUT2D eigenvalue weighted by Crippen LogP contribution is -2.27. The van der Waals surface area contributed by atoms with Crippen molar-refractivity contribution in [1.29, 1.82) is 0 Å². The van der Waals surface area contributed by atoms with Crippen LogP contribution >= 0.6 is 11.3 Å². The molecule has 7 heteroatoms. The monoisotopic (exact) mass is 414 g/mol. The van der Waals surface area contributed by atoms with Crippen LogP contribution in [-0.4, -0.2) is 21.4 Å². The minimum Gasteiger partial charge on any atom is -0.347 e. The van der Waals surface area contributed by atoms with E-state index in [2.05, 4.69) is 5.32 Å². The van der Waals surface area contributed by atoms with Gasteiger partial charge in [-0.25, -0.2) is 8.42 Å². The lowest BCUT2D eigenvalue weighted by atomic mass is 10.2. The molecule has 0 radical (unpaired) electrons. The fourth-order valence-corrected chi connectivity index (χ4v) is 4.72. The molecule has 5 nitrogen and oxygen atoms in total. The number of benzene rings is 2. The number of nitrogens with one attached hydrogen (secondary N) is 1. The van der Waals surface area contributed by atoms with Gasteiger partial charge in [0.1, 0.15) is 0 Å². The first-order chi connectivity index (χ1) is 13.3. The van der Waals surface area contributed by atoms with E-state index in [0.29, 0.717) is 17.8 Å². The molecule has 0 atom stereocenters. The van der Waals surface area contributed by atoms with E-state index in [1.807, 2.05) is 25.3 Å². The molecule has 0 fully saturated rings. The van der Waals surface area contributed by atoms with Crippen LogP contribution in [0.4, 0.5) is 5.69 Å². The Kier molecular flexibility index (Phi) is 5.86. The number of anilines is 1. The number of carbonyl (C=O) groups is 1. The summed E-state index contributed by atoms with van der Waals surface area (Å²) in [6, 6.07) is 15.3. The minimum atomic E-state index is -3.65. The minimum absolute atomic E-state index is 0.191. The van der Waals surface area contributed by atoms with Crippen LogP contribution in [-0.2, 0) is 16.6 Å². The van der Waals surface area contributed by atoms with E-state index in [1.165, 1.54) is 11.4 Å². The summed E-state index contributed by atoms with van der Waals surface area (Å²) >= 11 is 1.61. The van der Waals surface area contributed by atoms with Gasteiger partial charge in [-0.15, -0.1) is 11.3 Å². The molecular formula is C21H22N2O3S2. The molecule has 0 aliphatic rings. The molecule has 0 aliphatic heterocycles. The van der Waals surface area contributed by atoms with Crippen molar-refractivity contribution in [3.8, 4) is 0 Å². The third-order valence-corrected chi connectivity index (χ3v) is 7.37. The zero-order chi connectivity index (χ0) is 20.3. The molecule has 0 saturated carbocycles. The fourth-order valence-electron chi connectivity index (χ4n) is 2.68. The molecule has 146 valence electrons. The molecule has 1 amide bonds. The first-order valence-electron chi connectivity index (χ1n) is 8.76. The van der Waals surface area contributed by atoms with Crippen molar-refractivity contribution in [3.63, 3.8) is 0 Å². The third-order valence-electron chi connectivity index (χ3n) is 4.55. The smallest absolute Gasteiger partial charge is 0.264 e. The molecular weight excluding hydrogens is 392 g/mol. The Labute approximate surface area is 169 Å². The summed E-state index contributed by atoms with van der Waals surface area (Å²) in [4.78, 5) is 13.7. The maximum Gasteiger partial charge on any atom is 0.264 e. The summed E-state index contributed by atoms with van der Waals surface area (Å²) in [6.07, 6.45) is 0. The first kappa shape index (κ1) is 20.1. The summed E-state index contributed by atoms with van der Waals surface area (Å²) < 4.78 is 26.8. The van der Waals surface area contributed by atoms with Crippen LogP contribution < -0.4 is 9.62 Å². The summed E-state index contributed by atoms with van der Waals surface area (Å²) in [7, 11) is -2.15. The number of aryl methyl sites for hydroxylation is 2. The Hall–Kier alpha value is -2.64. The van der Waals surface area contributed by atoms with Crippen molar-refractivity contribution >= 4 is 33.0 Å². The second-order valence-electron chi connectivity index (χ2n) is 6.54. The Morgan fingerprint density at radius 1 is 1.00 bits per heavy atom. The van der Waals surface area contributed by atoms with Gasteiger partial charge in [0.05, 0.1) is 17.1 Å². The highest BCUT2D eigenvalue weighted by atomic mass is 32.2. The zero-order valence-corrected chi connectivity index (χ0v) is 17.6. The predicted molar refractivity (Wildman–Crippen MR) is 113 cm³/mol. The number of hydrogen-bond acceptors (Lipinski definition) is 4. The van der Waals surface area contributed by atoms with Crippen molar-refractivity contribution in [2.75, 3.05) is 11.4 Å². The number of sulfonamides is 1. The van der Waals surface area contributed by atoms with Crippen LogP contribution in [0, 0.1) is 13.8 Å². The first-order valence-corrected chi connectivity index (χ1v) is 11.1. The van der Waals surface area contributed by atoms with Crippen molar-refractivity contribution in [2.45, 2.75) is 25.3 Å². The molecule has 2 aromatic carbocycles. The summed E-state index contributed by atoms with van der Waals surface area (Å²) in [6.45, 7) is 4.40. The van der Waals surface area contributed by atoms with Gasteiger partial charge in [-0.2, -0.15) is 0 Å². The largest absolute Gasteiger partial charge is 0.347 e. The van der Waals surface area contributed by atoms with E-state index in [-0.39, 0.29) is 10.8 Å². The van der Waals surface area contributed by atoms with Gasteiger partial charge in [0.25, 0.3) is 15.9 Å². The highest BCUT2D eigenvalue weighted by Gasteiger charge is 2.21. The van der Waals surface area contributed by atoms with Crippen molar-refractivity contribution in [1.82, 2.24) is 5.32 Å². The van der Waals surface area contributed by atoms with Gasteiger partial charge in [-0.05, 0) is 67.3 Å². The van der Waals surface area contributed by atoms with E-state index in [1.54, 1.807) is 59.9 Å². The Morgan fingerprint density at radius 2 is 1.64 bits per heavy atom. The fraction of sp³-hybridized carbons (Fsp3) is 0.190. The van der Waals surface area contributed by atoms with Crippen LogP contribution in [0.25, 0.3) is 0 Å². The van der Waals surface area contributed by atoms with E-state index in [9.17, 15) is 13.2 Å². The molecule has 0 saturated heterocycles. The quantitative estimate of drug-likeness (QED) is 0.660. The highest BCUT2D eigenvalue weighted by Crippen LogP contribution is 2.23. The molecule has 0 spiro atoms. The van der Waals surface area contributed by atoms with Crippen molar-refractivity contribution in [3.05, 3.63) is 81.5 Å². The average molecular weight is 415 g/mol. The molecule has 1 heterocycles. The maximum absolute atomic E-state index is 12.8. The lowest BCUT2D eigenvalue weighted by Gasteiger charge is -2.20. The number of rotatable bonds is 6. The van der Waals surface area contributed by atoms with Gasteiger partial charge in [-0.3, -0.25) is 9.10 Å². The van der Waals surface area contributed by atoms with Crippen LogP contribution in [0.1, 0.15) is 26.4 Å². The van der Waals surface area contributed by atoms with Crippen molar-refractivity contribution < 1.29 is 13.2 Å². The number of amides is 1. The van der Waals surface area contributed by atoms with E-state index < -0.39 is 10.0 Å². The number of nitrogens with zero attached hydrogens (tertiary/aromatic N) is 1. The highest BCUT2D eigenvalue weighted by molar-refractivity contribution is 7.92. The zero-order valence-electron chi connectivity index (χ0n) is 16.0. The number of hydrogen-bond donors (Lipinski definition) is 1. The summed E-state index contributed by atoms with van der Waals surface area (Å²) in [5.41, 5.74) is 3.13. The van der Waals surface area contributed by atoms with Crippen LogP contribution in [0.15, 0.2) is 64.9 Å². The molecule has 28 heavy (non-hydrogen) atoms. The summed E-state index contributed by atoms with van der Waals surface area (Å²) in [5.74, 6) is -0.191. The molecule has 0 aliphatic carbocycles. The van der Waals surface area contributed by atoms with Gasteiger partial charge in [-0.1, -0.05) is 17.7 Å². The molecule has 3 aromatic rings. The second kappa shape index (κ2) is 8.16.